The maximum atomic E-state index is 13.3. The van der Waals surface area contributed by atoms with Gasteiger partial charge >= 0.3 is 11.9 Å². The third kappa shape index (κ3) is 10.1. The van der Waals surface area contributed by atoms with Crippen molar-refractivity contribution < 1.29 is 48.3 Å². The first-order chi connectivity index (χ1) is 22.7. The average Bonchev–Trinajstić information content (AvgIpc) is 3.54. The van der Waals surface area contributed by atoms with Crippen molar-refractivity contribution in [1.29, 1.82) is 0 Å². The molecule has 2 aliphatic heterocycles. The van der Waals surface area contributed by atoms with Gasteiger partial charge in [0.05, 0.1) is 26.0 Å². The second-order valence-corrected chi connectivity index (χ2v) is 11.6. The lowest BCUT2D eigenvalue weighted by atomic mass is 10.1. The molecule has 2 heterocycles. The minimum Gasteiger partial charge on any atom is -0.497 e. The van der Waals surface area contributed by atoms with Crippen LogP contribution < -0.4 is 28.6 Å². The molecule has 1 unspecified atom stereocenters. The number of hydrogen-bond acceptors (Lipinski definition) is 10. The quantitative estimate of drug-likeness (QED) is 0.174. The normalized spacial score (nSPS) is 14.8. The van der Waals surface area contributed by atoms with Crippen molar-refractivity contribution in [3.63, 3.8) is 0 Å². The summed E-state index contributed by atoms with van der Waals surface area (Å²) in [5.74, 6) is 1.21. The van der Waals surface area contributed by atoms with Crippen molar-refractivity contribution in [3.8, 4) is 28.7 Å². The monoisotopic (exact) mass is 666 g/mol. The van der Waals surface area contributed by atoms with Crippen LogP contribution in [0.2, 0.25) is 0 Å². The highest BCUT2D eigenvalue weighted by Gasteiger charge is 2.34. The lowest BCUT2D eigenvalue weighted by Crippen LogP contribution is -2.33. The van der Waals surface area contributed by atoms with Gasteiger partial charge in [-0.1, -0.05) is 12.1 Å². The standard InChI is InChI=1S/C30H34N2O6S.C4H4O4/c1-31(14-6-16-35-22-11-13-26-27(19-22)38-20-37-26)15-7-17-36-25-12-10-21(34-3)18-23(25)29-30(33)32(2)24-8-4-5-9-28(24)39-29;5-3(6)1-2-4(7)8/h4-5,8-13,18-19,29H,6-7,14-17,20H2,1-3H3;1-2H,(H,5,6)(H,7,8). The minimum atomic E-state index is -1.26. The van der Waals surface area contributed by atoms with Crippen LogP contribution in [0.5, 0.6) is 28.7 Å². The molecule has 3 aromatic carbocycles. The maximum Gasteiger partial charge on any atom is 0.328 e. The number of fused-ring (bicyclic) bond motifs is 2. The summed E-state index contributed by atoms with van der Waals surface area (Å²) in [5.41, 5.74) is 1.76. The first-order valence-corrected chi connectivity index (χ1v) is 15.7. The van der Waals surface area contributed by atoms with Crippen molar-refractivity contribution in [2.75, 3.05) is 59.2 Å². The molecular weight excluding hydrogens is 628 g/mol. The number of rotatable bonds is 14. The fraction of sp³-hybridized carbons (Fsp3) is 0.324. The third-order valence-electron chi connectivity index (χ3n) is 7.13. The van der Waals surface area contributed by atoms with E-state index in [4.69, 9.17) is 33.9 Å². The number of ether oxygens (including phenoxy) is 5. The van der Waals surface area contributed by atoms with Gasteiger partial charge in [-0.15, -0.1) is 11.8 Å². The van der Waals surface area contributed by atoms with Crippen LogP contribution in [-0.4, -0.2) is 87.3 Å². The van der Waals surface area contributed by atoms with Crippen LogP contribution in [0.3, 0.4) is 0 Å². The Bertz CT molecular complexity index is 1560. The lowest BCUT2D eigenvalue weighted by molar-refractivity contribution is -0.134. The van der Waals surface area contributed by atoms with E-state index < -0.39 is 17.2 Å². The van der Waals surface area contributed by atoms with Crippen LogP contribution >= 0.6 is 11.8 Å². The van der Waals surface area contributed by atoms with Gasteiger partial charge in [-0.2, -0.15) is 0 Å². The number of carboxylic acids is 2. The van der Waals surface area contributed by atoms with E-state index in [1.54, 1.807) is 23.8 Å². The number of carbonyl (C=O) groups is 3. The van der Waals surface area contributed by atoms with Crippen molar-refractivity contribution in [2.45, 2.75) is 23.0 Å². The topological polar surface area (TPSA) is 144 Å². The fourth-order valence-electron chi connectivity index (χ4n) is 4.75. The number of likely N-dealkylation sites (N-methyl/N-ethyl adjacent to an activating group) is 1. The van der Waals surface area contributed by atoms with Gasteiger partial charge in [-0.05, 0) is 62.4 Å². The SMILES string of the molecule is COc1ccc(OCCCN(C)CCCOc2ccc3c(c2)OCO3)c(C2Sc3ccccc3N(C)C2=O)c1.O=C(O)C=CC(=O)O. The van der Waals surface area contributed by atoms with E-state index in [2.05, 4.69) is 11.9 Å². The first-order valence-electron chi connectivity index (χ1n) is 14.8. The number of nitrogens with zero attached hydrogens (tertiary/aromatic N) is 2. The molecular formula is C34H38N2O10S. The largest absolute Gasteiger partial charge is 0.497 e. The third-order valence-corrected chi connectivity index (χ3v) is 8.42. The molecule has 2 N–H and O–H groups in total. The van der Waals surface area contributed by atoms with Gasteiger partial charge in [0.1, 0.15) is 22.5 Å². The number of hydrogen-bond donors (Lipinski definition) is 2. The molecule has 250 valence electrons. The summed E-state index contributed by atoms with van der Waals surface area (Å²) in [5, 5.41) is 15.2. The summed E-state index contributed by atoms with van der Waals surface area (Å²) < 4.78 is 28.3. The van der Waals surface area contributed by atoms with Crippen LogP contribution in [0, 0.1) is 0 Å². The fourth-order valence-corrected chi connectivity index (χ4v) is 6.06. The second-order valence-electron chi connectivity index (χ2n) is 10.5. The molecule has 2 aliphatic rings. The molecule has 0 saturated carbocycles. The van der Waals surface area contributed by atoms with Crippen molar-refractivity contribution in [2.24, 2.45) is 0 Å². The predicted octanol–water partition coefficient (Wildman–Crippen LogP) is 5.12. The Kier molecular flexibility index (Phi) is 12.8. The van der Waals surface area contributed by atoms with E-state index in [0.29, 0.717) is 36.9 Å². The summed E-state index contributed by atoms with van der Waals surface area (Å²) in [4.78, 5) is 37.5. The highest BCUT2D eigenvalue weighted by Crippen LogP contribution is 2.48. The van der Waals surface area contributed by atoms with Gasteiger partial charge in [0, 0.05) is 48.8 Å². The summed E-state index contributed by atoms with van der Waals surface area (Å²) in [6, 6.07) is 19.3. The Morgan fingerprint density at radius 2 is 1.60 bits per heavy atom. The molecule has 1 atom stereocenters. The highest BCUT2D eigenvalue weighted by molar-refractivity contribution is 8.00. The van der Waals surface area contributed by atoms with Gasteiger partial charge in [-0.3, -0.25) is 4.79 Å². The van der Waals surface area contributed by atoms with Crippen LogP contribution in [0.25, 0.3) is 0 Å². The van der Waals surface area contributed by atoms with Gasteiger partial charge in [-0.25, -0.2) is 9.59 Å². The number of methoxy groups -OCH3 is 1. The summed E-state index contributed by atoms with van der Waals surface area (Å²) in [6.45, 7) is 3.24. The molecule has 0 saturated heterocycles. The van der Waals surface area contributed by atoms with E-state index in [0.717, 1.165) is 59.3 Å². The van der Waals surface area contributed by atoms with Crippen LogP contribution in [0.4, 0.5) is 5.69 Å². The summed E-state index contributed by atoms with van der Waals surface area (Å²) in [6.07, 6.45) is 2.88. The minimum absolute atomic E-state index is 0.0273. The number of para-hydroxylation sites is 1. The number of carbonyl (C=O) groups excluding carboxylic acids is 1. The van der Waals surface area contributed by atoms with E-state index >= 15 is 0 Å². The molecule has 47 heavy (non-hydrogen) atoms. The van der Waals surface area contributed by atoms with E-state index in [-0.39, 0.29) is 12.7 Å². The molecule has 0 aromatic heterocycles. The first kappa shape index (κ1) is 35.0. The van der Waals surface area contributed by atoms with Gasteiger partial charge in [0.2, 0.25) is 12.7 Å². The van der Waals surface area contributed by atoms with E-state index in [1.165, 1.54) is 0 Å². The molecule has 0 bridgehead atoms. The number of aliphatic carboxylic acids is 2. The smallest absolute Gasteiger partial charge is 0.328 e. The molecule has 1 amide bonds. The van der Waals surface area contributed by atoms with Gasteiger partial charge in [0.15, 0.2) is 11.5 Å². The lowest BCUT2D eigenvalue weighted by Gasteiger charge is -2.32. The highest BCUT2D eigenvalue weighted by atomic mass is 32.2. The zero-order valence-electron chi connectivity index (χ0n) is 26.4. The number of carboxylic acid groups (broad SMARTS) is 2. The zero-order chi connectivity index (χ0) is 33.8. The molecule has 0 radical (unpaired) electrons. The molecule has 5 rings (SSSR count). The molecule has 3 aromatic rings. The molecule has 0 spiro atoms. The predicted molar refractivity (Wildman–Crippen MR) is 176 cm³/mol. The van der Waals surface area contributed by atoms with Crippen LogP contribution in [-0.2, 0) is 14.4 Å². The van der Waals surface area contributed by atoms with E-state index in [1.807, 2.05) is 67.7 Å². The van der Waals surface area contributed by atoms with Crippen LogP contribution in [0.1, 0.15) is 23.7 Å². The number of anilines is 1. The summed E-state index contributed by atoms with van der Waals surface area (Å²) >= 11 is 1.55. The zero-order valence-corrected chi connectivity index (χ0v) is 27.2. The van der Waals surface area contributed by atoms with Gasteiger partial charge < -0.3 is 43.7 Å². The van der Waals surface area contributed by atoms with E-state index in [9.17, 15) is 14.4 Å². The van der Waals surface area contributed by atoms with Crippen LogP contribution in [0.15, 0.2) is 77.7 Å². The van der Waals surface area contributed by atoms with Gasteiger partial charge in [0.25, 0.3) is 0 Å². The molecule has 0 fully saturated rings. The maximum absolute atomic E-state index is 13.3. The second kappa shape index (κ2) is 17.2. The number of thioether (sulfide) groups is 1. The number of amides is 1. The average molecular weight is 667 g/mol. The Morgan fingerprint density at radius 1 is 0.936 bits per heavy atom. The Hall–Kier alpha value is -4.88. The van der Waals surface area contributed by atoms with Crippen molar-refractivity contribution in [1.82, 2.24) is 4.90 Å². The summed E-state index contributed by atoms with van der Waals surface area (Å²) in [7, 11) is 5.56. The molecule has 0 aliphatic carbocycles. The molecule has 13 heteroatoms. The Labute approximate surface area is 277 Å². The Morgan fingerprint density at radius 3 is 2.30 bits per heavy atom. The Balaban J connectivity index is 0.000000555. The van der Waals surface area contributed by atoms with Crippen molar-refractivity contribution >= 4 is 35.3 Å². The molecule has 12 nitrogen and oxygen atoms in total. The number of benzene rings is 3. The van der Waals surface area contributed by atoms with Crippen molar-refractivity contribution in [3.05, 3.63) is 78.4 Å².